The molecule has 2 nitrogen and oxygen atoms in total. The first-order valence-corrected chi connectivity index (χ1v) is 22.9. The fourth-order valence-corrected chi connectivity index (χ4v) is 10.4. The van der Waals surface area contributed by atoms with Crippen molar-refractivity contribution in [3.63, 3.8) is 0 Å². The molecule has 3 heterocycles. The van der Waals surface area contributed by atoms with E-state index in [0.717, 1.165) is 34.9 Å². The average Bonchev–Trinajstić information content (AvgIpc) is 3.80. The van der Waals surface area contributed by atoms with Gasteiger partial charge in [0.2, 0.25) is 0 Å². The van der Waals surface area contributed by atoms with Crippen molar-refractivity contribution < 1.29 is 20.1 Å². The molecule has 267 valence electrons. The molecule has 0 bridgehead atoms. The smallest absolute Gasteiger partial charge is 0.0798 e. The minimum atomic E-state index is -1.35. The molecule has 4 aromatic carbocycles. The number of thiophene rings is 1. The Morgan fingerprint density at radius 1 is 0.827 bits per heavy atom. The van der Waals surface area contributed by atoms with Crippen LogP contribution in [-0.2, 0) is 32.9 Å². The number of fused-ring (bicyclic) bond motifs is 3. The minimum Gasteiger partial charge on any atom is -0.305 e. The number of pyridine rings is 2. The summed E-state index contributed by atoms with van der Waals surface area (Å²) in [4.78, 5) is 9.47. The van der Waals surface area contributed by atoms with Crippen molar-refractivity contribution in [2.24, 2.45) is 11.8 Å². The van der Waals surface area contributed by atoms with Crippen LogP contribution in [0.25, 0.3) is 53.8 Å². The van der Waals surface area contributed by atoms with E-state index in [9.17, 15) is 0 Å². The van der Waals surface area contributed by atoms with Gasteiger partial charge in [0.25, 0.3) is 0 Å². The van der Waals surface area contributed by atoms with E-state index in [-0.39, 0.29) is 20.1 Å². The zero-order valence-electron chi connectivity index (χ0n) is 31.0. The Labute approximate surface area is 329 Å². The Kier molecular flexibility index (Phi) is 12.4. The van der Waals surface area contributed by atoms with Crippen LogP contribution in [-0.4, -0.2) is 18.0 Å². The van der Waals surface area contributed by atoms with Crippen LogP contribution in [0.1, 0.15) is 50.7 Å². The third-order valence-electron chi connectivity index (χ3n) is 10.0. The Bertz CT molecular complexity index is 2230. The molecule has 0 saturated heterocycles. The van der Waals surface area contributed by atoms with E-state index in [1.54, 1.807) is 10.8 Å². The van der Waals surface area contributed by atoms with Gasteiger partial charge in [0.05, 0.1) is 8.07 Å². The second-order valence-electron chi connectivity index (χ2n) is 15.5. The van der Waals surface area contributed by atoms with Crippen molar-refractivity contribution in [2.45, 2.75) is 72.0 Å². The molecule has 1 aliphatic rings. The first kappa shape index (κ1) is 38.0. The SMILES string of the molecule is CC(C)Cc1ccnc(-c2[c-]cc(-c3ccccc3)c3c2sc2ccccc23)c1.C[Si](C)(C)c1cnc(-c2[c-]cccc2)cc1CC1CCCC1.[Ir]. The van der Waals surface area contributed by atoms with Gasteiger partial charge >= 0.3 is 0 Å². The number of hydrogen-bond donors (Lipinski definition) is 0. The van der Waals surface area contributed by atoms with Crippen LogP contribution in [0.15, 0.2) is 116 Å². The standard InChI is InChI=1S/C27H22NS.C20H26NSi.Ir/c1-18(2)16-19-14-15-28-24(17-19)22-13-12-21(20-8-4-3-5-9-20)26-23-10-6-7-11-25(23)29-27(22)26;1-22(2,3)20-15-21-19(17-11-5-4-6-12-17)14-18(20)13-16-9-7-8-10-16;/h3-12,14-15,17-18H,16H2,1-2H3;4-6,11,14-16H,7-10,13H2,1-3H3;/q2*-1;. The number of nitrogens with zero attached hydrogens (tertiary/aromatic N) is 2. The molecule has 0 spiro atoms. The number of benzene rings is 4. The molecular formula is C47H48IrN2SSi-2. The van der Waals surface area contributed by atoms with Crippen molar-refractivity contribution in [1.82, 2.24) is 9.97 Å². The summed E-state index contributed by atoms with van der Waals surface area (Å²) >= 11 is 1.84. The topological polar surface area (TPSA) is 25.8 Å². The number of rotatable bonds is 8. The second-order valence-corrected chi connectivity index (χ2v) is 21.6. The minimum absolute atomic E-state index is 0. The van der Waals surface area contributed by atoms with Gasteiger partial charge in [0, 0.05) is 37.2 Å². The van der Waals surface area contributed by atoms with Gasteiger partial charge in [0.15, 0.2) is 0 Å². The third-order valence-corrected chi connectivity index (χ3v) is 13.3. The van der Waals surface area contributed by atoms with E-state index < -0.39 is 8.07 Å². The van der Waals surface area contributed by atoms with Crippen molar-refractivity contribution >= 4 is 44.8 Å². The predicted molar refractivity (Wildman–Crippen MR) is 223 cm³/mol. The molecule has 1 fully saturated rings. The van der Waals surface area contributed by atoms with Crippen LogP contribution < -0.4 is 5.19 Å². The molecule has 1 aliphatic carbocycles. The second kappa shape index (κ2) is 16.9. The first-order valence-electron chi connectivity index (χ1n) is 18.6. The molecule has 5 heteroatoms. The van der Waals surface area contributed by atoms with Gasteiger partial charge in [-0.2, -0.15) is 11.3 Å². The van der Waals surface area contributed by atoms with Gasteiger partial charge in [0.1, 0.15) is 0 Å². The molecule has 0 atom stereocenters. The summed E-state index contributed by atoms with van der Waals surface area (Å²) < 4.78 is 2.57. The summed E-state index contributed by atoms with van der Waals surface area (Å²) in [5.41, 5.74) is 9.65. The van der Waals surface area contributed by atoms with Gasteiger partial charge in [-0.3, -0.25) is 0 Å². The number of hydrogen-bond acceptors (Lipinski definition) is 3. The summed E-state index contributed by atoms with van der Waals surface area (Å²) in [7, 11) is -1.35. The van der Waals surface area contributed by atoms with E-state index in [0.29, 0.717) is 5.92 Å². The molecule has 1 radical (unpaired) electrons. The third kappa shape index (κ3) is 8.72. The van der Waals surface area contributed by atoms with Crippen molar-refractivity contribution in [3.05, 3.63) is 139 Å². The summed E-state index contributed by atoms with van der Waals surface area (Å²) in [5.74, 6) is 1.50. The van der Waals surface area contributed by atoms with Crippen LogP contribution in [0.2, 0.25) is 19.6 Å². The molecule has 8 rings (SSSR count). The Hall–Kier alpha value is -3.73. The summed E-state index contributed by atoms with van der Waals surface area (Å²) in [6, 6.07) is 43.2. The molecule has 0 N–H and O–H groups in total. The van der Waals surface area contributed by atoms with E-state index >= 15 is 0 Å². The molecular weight excluding hydrogens is 845 g/mol. The Morgan fingerprint density at radius 3 is 2.31 bits per heavy atom. The maximum atomic E-state index is 4.75. The van der Waals surface area contributed by atoms with Gasteiger partial charge in [-0.15, -0.1) is 53.6 Å². The predicted octanol–water partition coefficient (Wildman–Crippen LogP) is 12.6. The zero-order chi connectivity index (χ0) is 35.4. The first-order chi connectivity index (χ1) is 24.7. The number of aromatic nitrogens is 2. The van der Waals surface area contributed by atoms with Crippen molar-refractivity contribution in [1.29, 1.82) is 0 Å². The van der Waals surface area contributed by atoms with E-state index in [1.165, 1.54) is 69.0 Å². The summed E-state index contributed by atoms with van der Waals surface area (Å²) in [6.45, 7) is 11.8. The van der Waals surface area contributed by atoms with Gasteiger partial charge in [-0.05, 0) is 63.5 Å². The normalized spacial score (nSPS) is 13.3. The van der Waals surface area contributed by atoms with E-state index in [2.05, 4.69) is 143 Å². The largest absolute Gasteiger partial charge is 0.305 e. The molecule has 0 amide bonds. The van der Waals surface area contributed by atoms with Gasteiger partial charge < -0.3 is 9.97 Å². The average molecular weight is 893 g/mol. The molecule has 0 unspecified atom stereocenters. The van der Waals surface area contributed by atoms with Gasteiger partial charge in [-0.25, -0.2) is 0 Å². The fraction of sp³-hybridized carbons (Fsp3) is 0.277. The van der Waals surface area contributed by atoms with Crippen LogP contribution in [0, 0.1) is 24.0 Å². The van der Waals surface area contributed by atoms with Gasteiger partial charge in [-0.1, -0.05) is 147 Å². The maximum Gasteiger partial charge on any atom is 0.0798 e. The fourth-order valence-electron chi connectivity index (χ4n) is 7.58. The summed E-state index contributed by atoms with van der Waals surface area (Å²) in [6.07, 6.45) is 12.0. The quantitative estimate of drug-likeness (QED) is 0.112. The van der Waals surface area contributed by atoms with Crippen LogP contribution in [0.4, 0.5) is 0 Å². The molecule has 7 aromatic rings. The van der Waals surface area contributed by atoms with Crippen LogP contribution >= 0.6 is 11.3 Å². The molecule has 0 aliphatic heterocycles. The molecule has 3 aromatic heterocycles. The van der Waals surface area contributed by atoms with E-state index in [4.69, 9.17) is 9.97 Å². The molecule has 52 heavy (non-hydrogen) atoms. The monoisotopic (exact) mass is 893 g/mol. The van der Waals surface area contributed by atoms with Crippen molar-refractivity contribution in [2.75, 3.05) is 0 Å². The van der Waals surface area contributed by atoms with Crippen LogP contribution in [0.3, 0.4) is 0 Å². The van der Waals surface area contributed by atoms with Crippen LogP contribution in [0.5, 0.6) is 0 Å². The summed E-state index contributed by atoms with van der Waals surface area (Å²) in [5, 5.41) is 4.15. The molecule has 1 saturated carbocycles. The zero-order valence-corrected chi connectivity index (χ0v) is 35.2. The maximum absolute atomic E-state index is 4.75. The van der Waals surface area contributed by atoms with E-state index in [1.807, 2.05) is 29.7 Å². The Morgan fingerprint density at radius 2 is 1.58 bits per heavy atom. The Balaban J connectivity index is 0.000000182. The van der Waals surface area contributed by atoms with Crippen molar-refractivity contribution in [3.8, 4) is 33.6 Å².